The number of nitrogens with zero attached hydrogens (tertiary/aromatic N) is 1. The normalized spacial score (nSPS) is 14.8. The van der Waals surface area contributed by atoms with Gasteiger partial charge in [0.25, 0.3) is 0 Å². The highest BCUT2D eigenvalue weighted by atomic mass is 16.4. The largest absolute Gasteiger partial charge is 0.508 e. The number of aromatic hydroxyl groups is 1. The number of hydrogen-bond acceptors (Lipinski definition) is 10. The maximum Gasteiger partial charge on any atom is 0.326 e. The van der Waals surface area contributed by atoms with Crippen molar-refractivity contribution in [1.29, 1.82) is 0 Å². The van der Waals surface area contributed by atoms with Gasteiger partial charge in [0, 0.05) is 24.7 Å². The second-order valence-corrected chi connectivity index (χ2v) is 11.5. The van der Waals surface area contributed by atoms with Crippen molar-refractivity contribution in [1.82, 2.24) is 31.2 Å². The molecule has 0 radical (unpaired) electrons. The van der Waals surface area contributed by atoms with Crippen molar-refractivity contribution >= 4 is 35.6 Å². The molecule has 4 amide bonds. The number of aliphatic carboxylic acids is 2. The Morgan fingerprint density at radius 3 is 2.04 bits per heavy atom. The van der Waals surface area contributed by atoms with Crippen molar-refractivity contribution in [2.45, 2.75) is 89.0 Å². The van der Waals surface area contributed by atoms with E-state index in [9.17, 15) is 39.0 Å². The molecule has 0 bridgehead atoms. The number of rotatable bonds is 21. The lowest BCUT2D eigenvalue weighted by Gasteiger charge is -2.28. The van der Waals surface area contributed by atoms with Gasteiger partial charge < -0.3 is 53.0 Å². The van der Waals surface area contributed by atoms with Crippen molar-refractivity contribution in [3.8, 4) is 5.75 Å². The summed E-state index contributed by atoms with van der Waals surface area (Å²) in [6, 6.07) is -0.633. The Bertz CT molecular complexity index is 1370. The summed E-state index contributed by atoms with van der Waals surface area (Å²) in [6.45, 7) is 3.82. The molecule has 0 fully saturated rings. The minimum Gasteiger partial charge on any atom is -0.508 e. The van der Waals surface area contributed by atoms with Gasteiger partial charge >= 0.3 is 11.9 Å². The highest BCUT2D eigenvalue weighted by Crippen LogP contribution is 2.14. The second-order valence-electron chi connectivity index (χ2n) is 11.5. The monoisotopic (exact) mass is 674 g/mol. The van der Waals surface area contributed by atoms with Gasteiger partial charge in [-0.3, -0.25) is 24.0 Å². The van der Waals surface area contributed by atoms with Crippen LogP contribution in [-0.2, 0) is 41.6 Å². The van der Waals surface area contributed by atoms with E-state index in [1.807, 2.05) is 0 Å². The maximum absolute atomic E-state index is 13.7. The van der Waals surface area contributed by atoms with E-state index in [2.05, 4.69) is 31.2 Å². The molecule has 12 N–H and O–H groups in total. The molecule has 0 spiro atoms. The van der Waals surface area contributed by atoms with Crippen molar-refractivity contribution in [2.75, 3.05) is 6.54 Å². The lowest BCUT2D eigenvalue weighted by atomic mass is 9.96. The molecule has 6 atom stereocenters. The summed E-state index contributed by atoms with van der Waals surface area (Å²) in [5, 5.41) is 38.6. The number of carbonyl (C=O) groups excluding carboxylic acids is 4. The van der Waals surface area contributed by atoms with E-state index in [4.69, 9.17) is 16.6 Å². The van der Waals surface area contributed by atoms with Gasteiger partial charge in [0.2, 0.25) is 23.6 Å². The molecule has 1 heterocycles. The predicted molar refractivity (Wildman–Crippen MR) is 172 cm³/mol. The smallest absolute Gasteiger partial charge is 0.326 e. The topological polar surface area (TPSA) is 292 Å². The number of benzene rings is 1. The molecule has 0 saturated carbocycles. The Labute approximate surface area is 277 Å². The third kappa shape index (κ3) is 13.0. The molecule has 0 aliphatic rings. The number of phenolic OH excluding ortho intramolecular Hbond substituents is 1. The molecular formula is C31H46N8O9. The van der Waals surface area contributed by atoms with E-state index in [-0.39, 0.29) is 25.0 Å². The van der Waals surface area contributed by atoms with Crippen LogP contribution in [0.15, 0.2) is 36.8 Å². The number of amides is 4. The fourth-order valence-corrected chi connectivity index (χ4v) is 4.70. The number of nitrogens with one attached hydrogen (secondary N) is 5. The fourth-order valence-electron chi connectivity index (χ4n) is 4.70. The maximum atomic E-state index is 13.7. The van der Waals surface area contributed by atoms with Gasteiger partial charge in [-0.1, -0.05) is 32.4 Å². The van der Waals surface area contributed by atoms with Crippen LogP contribution >= 0.6 is 0 Å². The summed E-state index contributed by atoms with van der Waals surface area (Å²) in [5.74, 6) is -6.22. The number of carboxylic acid groups (broad SMARTS) is 2. The first-order chi connectivity index (χ1) is 22.7. The zero-order valence-electron chi connectivity index (χ0n) is 27.0. The molecule has 0 saturated heterocycles. The average Bonchev–Trinajstić information content (AvgIpc) is 3.55. The third-order valence-corrected chi connectivity index (χ3v) is 7.71. The molecule has 48 heavy (non-hydrogen) atoms. The first-order valence-corrected chi connectivity index (χ1v) is 15.6. The Morgan fingerprint density at radius 1 is 0.854 bits per heavy atom. The Balaban J connectivity index is 2.30. The van der Waals surface area contributed by atoms with E-state index in [0.717, 1.165) is 0 Å². The van der Waals surface area contributed by atoms with Gasteiger partial charge in [-0.25, -0.2) is 9.78 Å². The number of H-pyrrole nitrogens is 1. The predicted octanol–water partition coefficient (Wildman–Crippen LogP) is -1.10. The number of aromatic amines is 1. The molecule has 2 rings (SSSR count). The van der Waals surface area contributed by atoms with Crippen LogP contribution in [0.3, 0.4) is 0 Å². The molecule has 1 aromatic carbocycles. The van der Waals surface area contributed by atoms with Crippen LogP contribution in [0, 0.1) is 5.92 Å². The third-order valence-electron chi connectivity index (χ3n) is 7.71. The van der Waals surface area contributed by atoms with E-state index in [1.165, 1.54) is 36.8 Å². The van der Waals surface area contributed by atoms with Crippen LogP contribution < -0.4 is 32.7 Å². The van der Waals surface area contributed by atoms with Crippen molar-refractivity contribution in [3.63, 3.8) is 0 Å². The quantitative estimate of drug-likeness (QED) is 0.0706. The van der Waals surface area contributed by atoms with Crippen LogP contribution in [0.2, 0.25) is 0 Å². The molecule has 17 nitrogen and oxygen atoms in total. The van der Waals surface area contributed by atoms with Gasteiger partial charge in [-0.15, -0.1) is 0 Å². The molecule has 0 aliphatic heterocycles. The fraction of sp³-hybridized carbons (Fsp3) is 0.516. The molecule has 1 aromatic heterocycles. The van der Waals surface area contributed by atoms with Crippen LogP contribution in [0.4, 0.5) is 0 Å². The Morgan fingerprint density at radius 2 is 1.48 bits per heavy atom. The standard InChI is InChI=1S/C31H46N8O9/c1-3-17(2)26(30(46)38-24(31(47)48)13-19-15-34-16-35-19)39-28(44)22(6-4-5-11-32)36-29(45)23(12-18-7-9-20(40)10-8-18)37-27(43)21(33)14-25(41)42/h7-10,15-17,21-24,26,40H,3-6,11-14,32-33H2,1-2H3,(H,34,35)(H,36,45)(H,37,43)(H,38,46)(H,39,44)(H,41,42)(H,47,48)/t17-,21-,22-,23-,24-,26-/m0/s1. The number of aromatic nitrogens is 2. The first kappa shape index (κ1) is 39.1. The van der Waals surface area contributed by atoms with Gasteiger partial charge in [-0.2, -0.15) is 0 Å². The lowest BCUT2D eigenvalue weighted by molar-refractivity contribution is -0.142. The van der Waals surface area contributed by atoms with E-state index in [0.29, 0.717) is 37.1 Å². The van der Waals surface area contributed by atoms with Gasteiger partial charge in [-0.05, 0) is 49.4 Å². The highest BCUT2D eigenvalue weighted by molar-refractivity contribution is 5.96. The number of carbonyl (C=O) groups is 6. The molecule has 2 aromatic rings. The highest BCUT2D eigenvalue weighted by Gasteiger charge is 2.34. The molecule has 0 unspecified atom stereocenters. The molecule has 264 valence electrons. The second kappa shape index (κ2) is 19.6. The minimum absolute atomic E-state index is 0.0280. The SMILES string of the molecule is CC[C@H](C)[C@H](NC(=O)[C@H](CCCCN)NC(=O)[C@H](Cc1ccc(O)cc1)NC(=O)[C@@H](N)CC(=O)O)C(=O)N[C@@H](Cc1cnc[nH]1)C(=O)O. The molecular weight excluding hydrogens is 628 g/mol. The Hall–Kier alpha value is -5.03. The van der Waals surface area contributed by atoms with Gasteiger partial charge in [0.05, 0.1) is 18.8 Å². The van der Waals surface area contributed by atoms with Crippen LogP contribution in [0.5, 0.6) is 5.75 Å². The summed E-state index contributed by atoms with van der Waals surface area (Å²) in [7, 11) is 0. The van der Waals surface area contributed by atoms with Crippen molar-refractivity contribution in [2.24, 2.45) is 17.4 Å². The zero-order valence-corrected chi connectivity index (χ0v) is 27.0. The van der Waals surface area contributed by atoms with Crippen LogP contribution in [0.25, 0.3) is 0 Å². The Kier molecular flexibility index (Phi) is 16.0. The van der Waals surface area contributed by atoms with E-state index < -0.39 is 78.1 Å². The minimum atomic E-state index is -1.46. The number of imidazole rings is 1. The summed E-state index contributed by atoms with van der Waals surface area (Å²) in [4.78, 5) is 83.1. The summed E-state index contributed by atoms with van der Waals surface area (Å²) in [5.41, 5.74) is 12.4. The van der Waals surface area contributed by atoms with E-state index >= 15 is 0 Å². The molecule has 0 aliphatic carbocycles. The van der Waals surface area contributed by atoms with Gasteiger partial charge in [0.1, 0.15) is 29.9 Å². The van der Waals surface area contributed by atoms with Crippen molar-refractivity contribution in [3.05, 3.63) is 48.0 Å². The van der Waals surface area contributed by atoms with E-state index in [1.54, 1.807) is 13.8 Å². The average molecular weight is 675 g/mol. The van der Waals surface area contributed by atoms with Crippen LogP contribution in [0.1, 0.15) is 57.2 Å². The van der Waals surface area contributed by atoms with Crippen LogP contribution in [-0.4, -0.2) is 97.6 Å². The number of carboxylic acids is 2. The lowest BCUT2D eigenvalue weighted by Crippen LogP contribution is -2.60. The summed E-state index contributed by atoms with van der Waals surface area (Å²) in [6.07, 6.45) is 3.43. The summed E-state index contributed by atoms with van der Waals surface area (Å²) < 4.78 is 0. The number of phenols is 1. The number of hydrogen-bond donors (Lipinski definition) is 10. The zero-order chi connectivity index (χ0) is 35.8. The summed E-state index contributed by atoms with van der Waals surface area (Å²) >= 11 is 0. The van der Waals surface area contributed by atoms with Gasteiger partial charge in [0.15, 0.2) is 0 Å². The van der Waals surface area contributed by atoms with Crippen molar-refractivity contribution < 1.29 is 44.1 Å². The number of nitrogens with two attached hydrogens (primary N) is 2. The molecule has 17 heteroatoms. The first-order valence-electron chi connectivity index (χ1n) is 15.6. The number of unbranched alkanes of at least 4 members (excludes halogenated alkanes) is 1.